The Kier molecular flexibility index (Phi) is 8.24. The summed E-state index contributed by atoms with van der Waals surface area (Å²) in [7, 11) is -3.80. The minimum absolute atomic E-state index is 0.0976. The number of ketones is 1. The maximum Gasteiger partial charge on any atom is 0.243 e. The van der Waals surface area contributed by atoms with Crippen LogP contribution in [0.1, 0.15) is 60.6 Å². The van der Waals surface area contributed by atoms with Gasteiger partial charge in [0.1, 0.15) is 0 Å². The van der Waals surface area contributed by atoms with E-state index in [9.17, 15) is 13.2 Å². The lowest BCUT2D eigenvalue weighted by molar-refractivity contribution is 0.0981. The van der Waals surface area contributed by atoms with Crippen LogP contribution in [-0.2, 0) is 16.6 Å². The summed E-state index contributed by atoms with van der Waals surface area (Å²) < 4.78 is 29.0. The zero-order valence-corrected chi connectivity index (χ0v) is 19.9. The normalized spacial score (nSPS) is 12.6. The molecule has 3 rings (SSSR count). The van der Waals surface area contributed by atoms with Crippen LogP contribution in [0.4, 0.5) is 0 Å². The highest BCUT2D eigenvalue weighted by Crippen LogP contribution is 2.32. The maximum atomic E-state index is 13.7. The molecule has 0 amide bonds. The SMILES string of the molecule is CCCC(=O)c1ccc(CN(C(CC)c2ccccc2)S(=O)(=O)c2ccc(Cl)cc2)cc1. The van der Waals surface area contributed by atoms with Gasteiger partial charge in [0.25, 0.3) is 0 Å². The molecule has 0 saturated carbocycles. The average molecular weight is 470 g/mol. The van der Waals surface area contributed by atoms with Crippen LogP contribution in [0, 0.1) is 0 Å². The minimum atomic E-state index is -3.80. The summed E-state index contributed by atoms with van der Waals surface area (Å²) in [6, 6.07) is 22.8. The lowest BCUT2D eigenvalue weighted by Crippen LogP contribution is -2.34. The molecule has 168 valence electrons. The van der Waals surface area contributed by atoms with Crippen LogP contribution in [-0.4, -0.2) is 18.5 Å². The summed E-state index contributed by atoms with van der Waals surface area (Å²) in [6.07, 6.45) is 1.91. The third-order valence-corrected chi connectivity index (χ3v) is 7.55. The summed E-state index contributed by atoms with van der Waals surface area (Å²) >= 11 is 5.98. The van der Waals surface area contributed by atoms with Crippen molar-refractivity contribution in [1.82, 2.24) is 4.31 Å². The minimum Gasteiger partial charge on any atom is -0.294 e. The van der Waals surface area contributed by atoms with Crippen molar-refractivity contribution in [3.63, 3.8) is 0 Å². The quantitative estimate of drug-likeness (QED) is 0.312. The van der Waals surface area contributed by atoms with Gasteiger partial charge in [0, 0.05) is 23.6 Å². The molecule has 0 heterocycles. The Labute approximate surface area is 195 Å². The third kappa shape index (κ3) is 5.66. The van der Waals surface area contributed by atoms with Gasteiger partial charge >= 0.3 is 0 Å². The van der Waals surface area contributed by atoms with Gasteiger partial charge in [0.15, 0.2) is 5.78 Å². The Balaban J connectivity index is 2.00. The first-order valence-electron chi connectivity index (χ1n) is 10.8. The number of carbonyl (C=O) groups is 1. The van der Waals surface area contributed by atoms with E-state index in [1.54, 1.807) is 24.3 Å². The van der Waals surface area contributed by atoms with Crippen LogP contribution in [0.5, 0.6) is 0 Å². The molecule has 0 bridgehead atoms. The lowest BCUT2D eigenvalue weighted by Gasteiger charge is -2.31. The number of hydrogen-bond donors (Lipinski definition) is 0. The van der Waals surface area contributed by atoms with Crippen LogP contribution in [0.2, 0.25) is 5.02 Å². The standard InChI is InChI=1S/C26H28ClNO3S/c1-3-8-26(29)22-13-11-20(12-14-22)19-28(25(4-2)21-9-6-5-7-10-21)32(30,31)24-17-15-23(27)16-18-24/h5-7,9-18,25H,3-4,8,19H2,1-2H3. The van der Waals surface area contributed by atoms with Crippen LogP contribution in [0.15, 0.2) is 83.8 Å². The second-order valence-electron chi connectivity index (χ2n) is 7.71. The van der Waals surface area contributed by atoms with Gasteiger partial charge in [-0.25, -0.2) is 8.42 Å². The van der Waals surface area contributed by atoms with Gasteiger partial charge in [-0.1, -0.05) is 80.0 Å². The molecule has 3 aromatic carbocycles. The molecule has 0 spiro atoms. The summed E-state index contributed by atoms with van der Waals surface area (Å²) in [5, 5.41) is 0.484. The van der Waals surface area contributed by atoms with E-state index in [-0.39, 0.29) is 23.3 Å². The first-order chi connectivity index (χ1) is 15.4. The maximum absolute atomic E-state index is 13.7. The Morgan fingerprint density at radius 2 is 1.53 bits per heavy atom. The van der Waals surface area contributed by atoms with E-state index in [0.29, 0.717) is 23.4 Å². The first-order valence-corrected chi connectivity index (χ1v) is 12.6. The summed E-state index contributed by atoms with van der Waals surface area (Å²) in [5.74, 6) is 0.0976. The smallest absolute Gasteiger partial charge is 0.243 e. The number of hydrogen-bond acceptors (Lipinski definition) is 3. The van der Waals surface area contributed by atoms with E-state index in [1.165, 1.54) is 16.4 Å². The van der Waals surface area contributed by atoms with Crippen molar-refractivity contribution in [2.75, 3.05) is 0 Å². The van der Waals surface area contributed by atoms with Crippen LogP contribution in [0.25, 0.3) is 0 Å². The molecule has 3 aromatic rings. The molecular formula is C26H28ClNO3S. The summed E-state index contributed by atoms with van der Waals surface area (Å²) in [4.78, 5) is 12.4. The van der Waals surface area contributed by atoms with Gasteiger partial charge in [-0.3, -0.25) is 4.79 Å². The molecule has 4 nitrogen and oxygen atoms in total. The van der Waals surface area contributed by atoms with Gasteiger partial charge in [-0.05, 0) is 48.2 Å². The Hall–Kier alpha value is -2.47. The molecule has 1 atom stereocenters. The predicted octanol–water partition coefficient (Wildman–Crippen LogP) is 6.67. The van der Waals surface area contributed by atoms with E-state index in [4.69, 9.17) is 11.6 Å². The molecule has 6 heteroatoms. The van der Waals surface area contributed by atoms with Gasteiger partial charge in [0.05, 0.1) is 10.9 Å². The van der Waals surface area contributed by atoms with Crippen molar-refractivity contribution >= 4 is 27.4 Å². The largest absolute Gasteiger partial charge is 0.294 e. The van der Waals surface area contributed by atoms with Crippen LogP contribution >= 0.6 is 11.6 Å². The summed E-state index contributed by atoms with van der Waals surface area (Å²) in [5.41, 5.74) is 2.41. The molecule has 0 aliphatic carbocycles. The number of Topliss-reactive ketones (excluding diaryl/α,β-unsaturated/α-hetero) is 1. The Bertz CT molecular complexity index is 1130. The van der Waals surface area contributed by atoms with E-state index in [1.807, 2.05) is 56.3 Å². The molecule has 0 aliphatic rings. The van der Waals surface area contributed by atoms with Crippen molar-refractivity contribution in [2.45, 2.75) is 50.6 Å². The molecule has 0 saturated heterocycles. The number of sulfonamides is 1. The van der Waals surface area contributed by atoms with Crippen molar-refractivity contribution in [1.29, 1.82) is 0 Å². The molecule has 32 heavy (non-hydrogen) atoms. The molecule has 0 aromatic heterocycles. The Morgan fingerprint density at radius 3 is 2.09 bits per heavy atom. The van der Waals surface area contributed by atoms with Crippen molar-refractivity contribution < 1.29 is 13.2 Å². The monoisotopic (exact) mass is 469 g/mol. The highest BCUT2D eigenvalue weighted by atomic mass is 35.5. The number of nitrogens with zero attached hydrogens (tertiary/aromatic N) is 1. The fourth-order valence-electron chi connectivity index (χ4n) is 3.73. The zero-order valence-electron chi connectivity index (χ0n) is 18.4. The molecular weight excluding hydrogens is 442 g/mol. The van der Waals surface area contributed by atoms with Gasteiger partial charge in [-0.15, -0.1) is 0 Å². The van der Waals surface area contributed by atoms with Crippen LogP contribution in [0.3, 0.4) is 0 Å². The van der Waals surface area contributed by atoms with E-state index in [0.717, 1.165) is 17.5 Å². The second-order valence-corrected chi connectivity index (χ2v) is 10.0. The second kappa shape index (κ2) is 10.9. The fraction of sp³-hybridized carbons (Fsp3) is 0.269. The predicted molar refractivity (Wildman–Crippen MR) is 129 cm³/mol. The number of carbonyl (C=O) groups excluding carboxylic acids is 1. The topological polar surface area (TPSA) is 54.5 Å². The van der Waals surface area contributed by atoms with Gasteiger partial charge in [-0.2, -0.15) is 4.31 Å². The number of benzene rings is 3. The van der Waals surface area contributed by atoms with E-state index >= 15 is 0 Å². The van der Waals surface area contributed by atoms with E-state index < -0.39 is 10.0 Å². The number of halogens is 1. The summed E-state index contributed by atoms with van der Waals surface area (Å²) in [6.45, 7) is 4.15. The highest BCUT2D eigenvalue weighted by Gasteiger charge is 2.31. The van der Waals surface area contributed by atoms with Crippen molar-refractivity contribution in [3.05, 3.63) is 101 Å². The molecule has 0 fully saturated rings. The fourth-order valence-corrected chi connectivity index (χ4v) is 5.53. The average Bonchev–Trinajstić information content (AvgIpc) is 2.80. The van der Waals surface area contributed by atoms with E-state index in [2.05, 4.69) is 0 Å². The molecule has 0 radical (unpaired) electrons. The zero-order chi connectivity index (χ0) is 23.1. The first kappa shape index (κ1) is 24.2. The van der Waals surface area contributed by atoms with Crippen molar-refractivity contribution in [3.8, 4) is 0 Å². The van der Waals surface area contributed by atoms with Crippen LogP contribution < -0.4 is 0 Å². The van der Waals surface area contributed by atoms with Crippen molar-refractivity contribution in [2.24, 2.45) is 0 Å². The van der Waals surface area contributed by atoms with Gasteiger partial charge < -0.3 is 0 Å². The molecule has 0 aliphatic heterocycles. The molecule has 1 unspecified atom stereocenters. The van der Waals surface area contributed by atoms with Gasteiger partial charge in [0.2, 0.25) is 10.0 Å². The Morgan fingerprint density at radius 1 is 0.906 bits per heavy atom. The lowest BCUT2D eigenvalue weighted by atomic mass is 10.0. The third-order valence-electron chi connectivity index (χ3n) is 5.43. The number of rotatable bonds is 10. The molecule has 0 N–H and O–H groups in total. The highest BCUT2D eigenvalue weighted by molar-refractivity contribution is 7.89.